The Kier molecular flexibility index (Phi) is 5.98. The summed E-state index contributed by atoms with van der Waals surface area (Å²) in [6.07, 6.45) is 0. The first-order chi connectivity index (χ1) is 10.7. The van der Waals surface area contributed by atoms with Crippen molar-refractivity contribution in [3.63, 3.8) is 0 Å². The third-order valence-electron chi connectivity index (χ3n) is 3.25. The third kappa shape index (κ3) is 4.90. The first kappa shape index (κ1) is 16.0. The quantitative estimate of drug-likeness (QED) is 0.800. The minimum absolute atomic E-state index is 0.0691. The lowest BCUT2D eigenvalue weighted by molar-refractivity contribution is 0.0951. The summed E-state index contributed by atoms with van der Waals surface area (Å²) in [5.41, 5.74) is 2.84. The SMILES string of the molecule is COCCOc1ccc(CNC(=O)c2ccc(C)cc2)cc1. The van der Waals surface area contributed by atoms with Crippen LogP contribution in [0, 0.1) is 6.92 Å². The minimum Gasteiger partial charge on any atom is -0.491 e. The average Bonchev–Trinajstić information content (AvgIpc) is 2.55. The molecule has 0 aliphatic rings. The molecule has 116 valence electrons. The molecule has 0 heterocycles. The van der Waals surface area contributed by atoms with Gasteiger partial charge in [-0.1, -0.05) is 29.8 Å². The van der Waals surface area contributed by atoms with E-state index in [1.54, 1.807) is 7.11 Å². The fourth-order valence-corrected chi connectivity index (χ4v) is 1.94. The molecule has 2 rings (SSSR count). The number of methoxy groups -OCH3 is 1. The molecule has 1 N–H and O–H groups in total. The fraction of sp³-hybridized carbons (Fsp3) is 0.278. The van der Waals surface area contributed by atoms with E-state index in [9.17, 15) is 4.79 Å². The number of benzene rings is 2. The van der Waals surface area contributed by atoms with Crippen molar-refractivity contribution >= 4 is 5.91 Å². The Morgan fingerprint density at radius 2 is 1.68 bits per heavy atom. The molecule has 0 aliphatic heterocycles. The van der Waals surface area contributed by atoms with Gasteiger partial charge in [-0.25, -0.2) is 0 Å². The van der Waals surface area contributed by atoms with Gasteiger partial charge < -0.3 is 14.8 Å². The molecule has 0 bridgehead atoms. The second-order valence-electron chi connectivity index (χ2n) is 5.03. The molecule has 0 spiro atoms. The van der Waals surface area contributed by atoms with E-state index in [2.05, 4.69) is 5.32 Å². The Labute approximate surface area is 131 Å². The summed E-state index contributed by atoms with van der Waals surface area (Å²) in [7, 11) is 1.64. The van der Waals surface area contributed by atoms with Crippen LogP contribution in [0.5, 0.6) is 5.75 Å². The fourth-order valence-electron chi connectivity index (χ4n) is 1.94. The summed E-state index contributed by atoms with van der Waals surface area (Å²) in [5.74, 6) is 0.728. The van der Waals surface area contributed by atoms with Crippen LogP contribution >= 0.6 is 0 Å². The molecule has 0 saturated carbocycles. The maximum Gasteiger partial charge on any atom is 0.251 e. The Balaban J connectivity index is 1.83. The number of carbonyl (C=O) groups is 1. The summed E-state index contributed by atoms with van der Waals surface area (Å²) in [4.78, 5) is 12.0. The van der Waals surface area contributed by atoms with Crippen LogP contribution in [-0.4, -0.2) is 26.2 Å². The largest absolute Gasteiger partial charge is 0.491 e. The molecule has 0 radical (unpaired) electrons. The third-order valence-corrected chi connectivity index (χ3v) is 3.25. The highest BCUT2D eigenvalue weighted by molar-refractivity contribution is 5.94. The van der Waals surface area contributed by atoms with Crippen molar-refractivity contribution in [3.8, 4) is 5.75 Å². The summed E-state index contributed by atoms with van der Waals surface area (Å²) >= 11 is 0. The van der Waals surface area contributed by atoms with Gasteiger partial charge in [0.25, 0.3) is 5.91 Å². The number of hydrogen-bond donors (Lipinski definition) is 1. The summed E-state index contributed by atoms with van der Waals surface area (Å²) in [6, 6.07) is 15.2. The number of ether oxygens (including phenoxy) is 2. The molecule has 0 aliphatic carbocycles. The lowest BCUT2D eigenvalue weighted by Crippen LogP contribution is -2.22. The van der Waals surface area contributed by atoms with E-state index in [0.717, 1.165) is 16.9 Å². The molecule has 2 aromatic carbocycles. The zero-order valence-electron chi connectivity index (χ0n) is 13.0. The minimum atomic E-state index is -0.0691. The van der Waals surface area contributed by atoms with E-state index in [1.165, 1.54) is 0 Å². The zero-order chi connectivity index (χ0) is 15.8. The van der Waals surface area contributed by atoms with Gasteiger partial charge in [-0.2, -0.15) is 0 Å². The highest BCUT2D eigenvalue weighted by atomic mass is 16.5. The smallest absolute Gasteiger partial charge is 0.251 e. The standard InChI is InChI=1S/C18H21NO3/c1-14-3-7-16(8-4-14)18(20)19-13-15-5-9-17(10-6-15)22-12-11-21-2/h3-10H,11-13H2,1-2H3,(H,19,20). The van der Waals surface area contributed by atoms with Crippen LogP contribution in [0.15, 0.2) is 48.5 Å². The zero-order valence-corrected chi connectivity index (χ0v) is 13.0. The van der Waals surface area contributed by atoms with Gasteiger partial charge in [0.2, 0.25) is 0 Å². The monoisotopic (exact) mass is 299 g/mol. The summed E-state index contributed by atoms with van der Waals surface area (Å²) in [6.45, 7) is 3.58. The van der Waals surface area contributed by atoms with Crippen molar-refractivity contribution in [2.75, 3.05) is 20.3 Å². The van der Waals surface area contributed by atoms with E-state index in [1.807, 2.05) is 55.5 Å². The molecule has 0 aromatic heterocycles. The molecular weight excluding hydrogens is 278 g/mol. The predicted molar refractivity (Wildman–Crippen MR) is 86.2 cm³/mol. The number of hydrogen-bond acceptors (Lipinski definition) is 3. The Bertz CT molecular complexity index is 591. The topological polar surface area (TPSA) is 47.6 Å². The van der Waals surface area contributed by atoms with Crippen LogP contribution < -0.4 is 10.1 Å². The van der Waals surface area contributed by atoms with E-state index < -0.39 is 0 Å². The molecule has 0 fully saturated rings. The van der Waals surface area contributed by atoms with Crippen LogP contribution in [0.1, 0.15) is 21.5 Å². The highest BCUT2D eigenvalue weighted by Crippen LogP contribution is 2.12. The number of rotatable bonds is 7. The average molecular weight is 299 g/mol. The Morgan fingerprint density at radius 1 is 1.00 bits per heavy atom. The van der Waals surface area contributed by atoms with Gasteiger partial charge in [-0.15, -0.1) is 0 Å². The van der Waals surface area contributed by atoms with E-state index in [0.29, 0.717) is 25.3 Å². The molecule has 22 heavy (non-hydrogen) atoms. The highest BCUT2D eigenvalue weighted by Gasteiger charge is 2.04. The van der Waals surface area contributed by atoms with Crippen LogP contribution in [0.2, 0.25) is 0 Å². The lowest BCUT2D eigenvalue weighted by Gasteiger charge is -2.08. The number of aryl methyl sites for hydroxylation is 1. The Hall–Kier alpha value is -2.33. The van der Waals surface area contributed by atoms with Gasteiger partial charge in [0.1, 0.15) is 12.4 Å². The number of nitrogens with one attached hydrogen (secondary N) is 1. The van der Waals surface area contributed by atoms with Gasteiger partial charge >= 0.3 is 0 Å². The molecule has 0 saturated heterocycles. The maximum absolute atomic E-state index is 12.0. The van der Waals surface area contributed by atoms with Gasteiger partial charge in [0, 0.05) is 19.2 Å². The lowest BCUT2D eigenvalue weighted by atomic mass is 10.1. The van der Waals surface area contributed by atoms with Gasteiger partial charge in [-0.3, -0.25) is 4.79 Å². The molecule has 4 nitrogen and oxygen atoms in total. The second kappa shape index (κ2) is 8.20. The first-order valence-corrected chi connectivity index (χ1v) is 7.24. The van der Waals surface area contributed by atoms with Crippen molar-refractivity contribution in [1.82, 2.24) is 5.32 Å². The molecular formula is C18H21NO3. The molecule has 2 aromatic rings. The molecule has 4 heteroatoms. The first-order valence-electron chi connectivity index (χ1n) is 7.24. The number of amides is 1. The molecule has 0 atom stereocenters. The number of carbonyl (C=O) groups excluding carboxylic acids is 1. The van der Waals surface area contributed by atoms with Crippen molar-refractivity contribution in [2.45, 2.75) is 13.5 Å². The van der Waals surface area contributed by atoms with Gasteiger partial charge in [0.05, 0.1) is 6.61 Å². The van der Waals surface area contributed by atoms with Crippen molar-refractivity contribution < 1.29 is 14.3 Å². The predicted octanol–water partition coefficient (Wildman–Crippen LogP) is 2.95. The van der Waals surface area contributed by atoms with Gasteiger partial charge in [0.15, 0.2) is 0 Å². The summed E-state index contributed by atoms with van der Waals surface area (Å²) in [5, 5.41) is 2.91. The van der Waals surface area contributed by atoms with E-state index in [4.69, 9.17) is 9.47 Å². The van der Waals surface area contributed by atoms with Crippen molar-refractivity contribution in [2.24, 2.45) is 0 Å². The second-order valence-corrected chi connectivity index (χ2v) is 5.03. The van der Waals surface area contributed by atoms with Crippen LogP contribution in [0.3, 0.4) is 0 Å². The van der Waals surface area contributed by atoms with E-state index in [-0.39, 0.29) is 5.91 Å². The van der Waals surface area contributed by atoms with Crippen molar-refractivity contribution in [1.29, 1.82) is 0 Å². The Morgan fingerprint density at radius 3 is 2.32 bits per heavy atom. The van der Waals surface area contributed by atoms with Gasteiger partial charge in [-0.05, 0) is 36.8 Å². The molecule has 1 amide bonds. The maximum atomic E-state index is 12.0. The van der Waals surface area contributed by atoms with Crippen LogP contribution in [0.4, 0.5) is 0 Å². The van der Waals surface area contributed by atoms with E-state index >= 15 is 0 Å². The van der Waals surface area contributed by atoms with Crippen LogP contribution in [-0.2, 0) is 11.3 Å². The normalized spacial score (nSPS) is 10.3. The summed E-state index contributed by atoms with van der Waals surface area (Å²) < 4.78 is 10.4. The molecule has 0 unspecified atom stereocenters. The van der Waals surface area contributed by atoms with Crippen LogP contribution in [0.25, 0.3) is 0 Å². The van der Waals surface area contributed by atoms with Crippen molar-refractivity contribution in [3.05, 3.63) is 65.2 Å².